The molecule has 0 atom stereocenters. The van der Waals surface area contributed by atoms with Crippen molar-refractivity contribution >= 4 is 57.2 Å². The Hall–Kier alpha value is -2.67. The average molecular weight is 492 g/mol. The van der Waals surface area contributed by atoms with Gasteiger partial charge in [0.2, 0.25) is 0 Å². The molecule has 3 aromatic carbocycles. The van der Waals surface area contributed by atoms with Crippen molar-refractivity contribution in [1.82, 2.24) is 5.43 Å². The monoisotopic (exact) mass is 490 g/mol. The average Bonchev–Trinajstić information content (AvgIpc) is 2.70. The van der Waals surface area contributed by atoms with E-state index in [1.54, 1.807) is 48.5 Å². The van der Waals surface area contributed by atoms with Gasteiger partial charge in [0.15, 0.2) is 0 Å². The summed E-state index contributed by atoms with van der Waals surface area (Å²) in [4.78, 5) is 24.5. The normalized spacial score (nSPS) is 10.7. The molecule has 0 aliphatic carbocycles. The van der Waals surface area contributed by atoms with Gasteiger partial charge in [-0.25, -0.2) is 10.2 Å². The third-order valence-electron chi connectivity index (χ3n) is 3.73. The topological polar surface area (TPSA) is 67.8 Å². The van der Waals surface area contributed by atoms with E-state index in [0.717, 1.165) is 4.47 Å². The third kappa shape index (κ3) is 5.67. The lowest BCUT2D eigenvalue weighted by molar-refractivity contribution is 0.0734. The van der Waals surface area contributed by atoms with Gasteiger partial charge < -0.3 is 4.74 Å². The standard InChI is InChI=1S/C21H13BrCl2N2O3/c22-15-6-9-19(29-21(28)17-8-7-16(23)11-18(17)24)14(10-15)12-25-26-20(27)13-4-2-1-3-5-13/h1-12H,(H,26,27)/b25-12-. The fraction of sp³-hybridized carbons (Fsp3) is 0. The van der Waals surface area contributed by atoms with Crippen LogP contribution in [0.4, 0.5) is 0 Å². The molecule has 3 aromatic rings. The minimum Gasteiger partial charge on any atom is -0.422 e. The second-order valence-corrected chi connectivity index (χ2v) is 7.52. The first kappa shape index (κ1) is 21.0. The third-order valence-corrected chi connectivity index (χ3v) is 4.77. The Morgan fingerprint density at radius 2 is 1.76 bits per heavy atom. The van der Waals surface area contributed by atoms with E-state index in [4.69, 9.17) is 27.9 Å². The first-order valence-electron chi connectivity index (χ1n) is 8.29. The maximum atomic E-state index is 12.5. The van der Waals surface area contributed by atoms with Crippen LogP contribution in [-0.2, 0) is 0 Å². The van der Waals surface area contributed by atoms with E-state index in [9.17, 15) is 9.59 Å². The molecule has 146 valence electrons. The van der Waals surface area contributed by atoms with Crippen molar-refractivity contribution < 1.29 is 14.3 Å². The molecule has 0 saturated carbocycles. The van der Waals surface area contributed by atoms with E-state index >= 15 is 0 Å². The van der Waals surface area contributed by atoms with Gasteiger partial charge in [-0.3, -0.25) is 4.79 Å². The number of nitrogens with one attached hydrogen (secondary N) is 1. The fourth-order valence-corrected chi connectivity index (χ4v) is 3.20. The summed E-state index contributed by atoms with van der Waals surface area (Å²) in [7, 11) is 0. The van der Waals surface area contributed by atoms with Crippen LogP contribution in [0.15, 0.2) is 76.3 Å². The van der Waals surface area contributed by atoms with Gasteiger partial charge in [-0.05, 0) is 48.5 Å². The molecular formula is C21H13BrCl2N2O3. The van der Waals surface area contributed by atoms with Gasteiger partial charge >= 0.3 is 5.97 Å². The minimum atomic E-state index is -0.642. The van der Waals surface area contributed by atoms with Gasteiger partial charge in [-0.2, -0.15) is 5.10 Å². The number of rotatable bonds is 5. The number of esters is 1. The maximum Gasteiger partial charge on any atom is 0.345 e. The molecule has 0 saturated heterocycles. The van der Waals surface area contributed by atoms with E-state index in [1.165, 1.54) is 18.3 Å². The predicted octanol–water partition coefficient (Wildman–Crippen LogP) is 5.74. The lowest BCUT2D eigenvalue weighted by atomic mass is 10.2. The first-order chi connectivity index (χ1) is 13.9. The second kappa shape index (κ2) is 9.69. The Morgan fingerprint density at radius 3 is 2.48 bits per heavy atom. The van der Waals surface area contributed by atoms with Crippen LogP contribution in [0.2, 0.25) is 10.0 Å². The summed E-state index contributed by atoms with van der Waals surface area (Å²) < 4.78 is 6.21. The van der Waals surface area contributed by atoms with Gasteiger partial charge in [0.05, 0.1) is 16.8 Å². The lowest BCUT2D eigenvalue weighted by Crippen LogP contribution is -2.17. The number of hydrazone groups is 1. The number of ether oxygens (including phenoxy) is 1. The molecule has 3 rings (SSSR count). The van der Waals surface area contributed by atoms with Gasteiger partial charge in [-0.15, -0.1) is 0 Å². The number of amides is 1. The molecule has 1 N–H and O–H groups in total. The number of halogens is 3. The van der Waals surface area contributed by atoms with Crippen LogP contribution >= 0.6 is 39.1 Å². The molecule has 0 aliphatic heterocycles. The van der Waals surface area contributed by atoms with E-state index in [1.807, 2.05) is 6.07 Å². The van der Waals surface area contributed by atoms with Gasteiger partial charge in [0.25, 0.3) is 5.91 Å². The molecule has 0 unspecified atom stereocenters. The zero-order chi connectivity index (χ0) is 20.8. The number of hydrogen-bond donors (Lipinski definition) is 1. The van der Waals surface area contributed by atoms with Crippen molar-refractivity contribution in [1.29, 1.82) is 0 Å². The summed E-state index contributed by atoms with van der Waals surface area (Å²) in [5.74, 6) is -0.748. The Balaban J connectivity index is 1.77. The molecule has 0 aliphatic rings. The highest BCUT2D eigenvalue weighted by Crippen LogP contribution is 2.26. The largest absolute Gasteiger partial charge is 0.422 e. The van der Waals surface area contributed by atoms with Crippen molar-refractivity contribution in [3.8, 4) is 5.75 Å². The van der Waals surface area contributed by atoms with Gasteiger partial charge in [0, 0.05) is 20.6 Å². The number of carbonyl (C=O) groups excluding carboxylic acids is 2. The number of nitrogens with zero attached hydrogens (tertiary/aromatic N) is 1. The molecule has 8 heteroatoms. The predicted molar refractivity (Wildman–Crippen MR) is 117 cm³/mol. The van der Waals surface area contributed by atoms with Crippen molar-refractivity contribution in [2.45, 2.75) is 0 Å². The van der Waals surface area contributed by atoms with Crippen LogP contribution in [0.1, 0.15) is 26.3 Å². The van der Waals surface area contributed by atoms with Gasteiger partial charge in [-0.1, -0.05) is 57.3 Å². The van der Waals surface area contributed by atoms with Gasteiger partial charge in [0.1, 0.15) is 5.75 Å². The van der Waals surface area contributed by atoms with Crippen LogP contribution in [0.3, 0.4) is 0 Å². The van der Waals surface area contributed by atoms with E-state index in [0.29, 0.717) is 16.1 Å². The van der Waals surface area contributed by atoms with Crippen molar-refractivity contribution in [3.63, 3.8) is 0 Å². The smallest absolute Gasteiger partial charge is 0.345 e. The van der Waals surface area contributed by atoms with Crippen LogP contribution in [0, 0.1) is 0 Å². The Labute approximate surface area is 185 Å². The van der Waals surface area contributed by atoms with Crippen LogP contribution in [0.25, 0.3) is 0 Å². The highest BCUT2D eigenvalue weighted by atomic mass is 79.9. The van der Waals surface area contributed by atoms with Crippen LogP contribution in [-0.4, -0.2) is 18.1 Å². The highest BCUT2D eigenvalue weighted by molar-refractivity contribution is 9.10. The summed E-state index contributed by atoms with van der Waals surface area (Å²) in [5, 5.41) is 4.55. The quantitative estimate of drug-likeness (QED) is 0.214. The number of carbonyl (C=O) groups is 2. The molecule has 0 heterocycles. The molecular weight excluding hydrogens is 479 g/mol. The van der Waals surface area contributed by atoms with E-state index < -0.39 is 5.97 Å². The molecule has 0 fully saturated rings. The number of hydrogen-bond acceptors (Lipinski definition) is 4. The van der Waals surface area contributed by atoms with Crippen molar-refractivity contribution in [3.05, 3.63) is 97.9 Å². The number of benzene rings is 3. The summed E-state index contributed by atoms with van der Waals surface area (Å²) in [6, 6.07) is 18.2. The molecule has 5 nitrogen and oxygen atoms in total. The molecule has 0 bridgehead atoms. The molecule has 0 radical (unpaired) electrons. The lowest BCUT2D eigenvalue weighted by Gasteiger charge is -2.09. The van der Waals surface area contributed by atoms with Crippen molar-refractivity contribution in [2.75, 3.05) is 0 Å². The molecule has 29 heavy (non-hydrogen) atoms. The van der Waals surface area contributed by atoms with Crippen molar-refractivity contribution in [2.24, 2.45) is 5.10 Å². The fourth-order valence-electron chi connectivity index (χ4n) is 2.34. The summed E-state index contributed by atoms with van der Waals surface area (Å²) in [6.07, 6.45) is 1.39. The summed E-state index contributed by atoms with van der Waals surface area (Å²) in [5.41, 5.74) is 3.57. The first-order valence-corrected chi connectivity index (χ1v) is 9.84. The Morgan fingerprint density at radius 1 is 1.00 bits per heavy atom. The second-order valence-electron chi connectivity index (χ2n) is 5.76. The molecule has 1 amide bonds. The zero-order valence-corrected chi connectivity index (χ0v) is 17.8. The van der Waals surface area contributed by atoms with Crippen LogP contribution in [0.5, 0.6) is 5.75 Å². The van der Waals surface area contributed by atoms with Crippen LogP contribution < -0.4 is 10.2 Å². The minimum absolute atomic E-state index is 0.180. The van der Waals surface area contributed by atoms with E-state index in [2.05, 4.69) is 26.5 Å². The SMILES string of the molecule is O=C(N/N=C\c1cc(Br)ccc1OC(=O)c1ccc(Cl)cc1Cl)c1ccccc1. The zero-order valence-electron chi connectivity index (χ0n) is 14.7. The molecule has 0 spiro atoms. The summed E-state index contributed by atoms with van der Waals surface area (Å²) in [6.45, 7) is 0. The Bertz CT molecular complexity index is 1090. The summed E-state index contributed by atoms with van der Waals surface area (Å²) >= 11 is 15.3. The Kier molecular flexibility index (Phi) is 7.04. The highest BCUT2D eigenvalue weighted by Gasteiger charge is 2.15. The maximum absolute atomic E-state index is 12.5. The molecule has 0 aromatic heterocycles. The van der Waals surface area contributed by atoms with E-state index in [-0.39, 0.29) is 22.2 Å².